The first-order valence-corrected chi connectivity index (χ1v) is 7.64. The molecule has 1 aromatic heterocycles. The van der Waals surface area contributed by atoms with Crippen LogP contribution >= 0.6 is 11.6 Å². The Kier molecular flexibility index (Phi) is 4.88. The Morgan fingerprint density at radius 1 is 1.38 bits per heavy atom. The van der Waals surface area contributed by atoms with Crippen molar-refractivity contribution >= 4 is 23.4 Å². The quantitative estimate of drug-likeness (QED) is 0.910. The Morgan fingerprint density at radius 2 is 2.10 bits per heavy atom. The minimum absolute atomic E-state index is 0.0568. The fourth-order valence-corrected chi connectivity index (χ4v) is 2.85. The first-order valence-electron chi connectivity index (χ1n) is 7.26. The first kappa shape index (κ1) is 15.8. The number of nitrogens with one attached hydrogen (secondary N) is 1. The number of nitrogens with zero attached hydrogens (tertiary/aromatic N) is 3. The van der Waals surface area contributed by atoms with Gasteiger partial charge in [0.25, 0.3) is 0 Å². The van der Waals surface area contributed by atoms with Gasteiger partial charge in [0.2, 0.25) is 11.8 Å². The van der Waals surface area contributed by atoms with Crippen molar-refractivity contribution in [3.05, 3.63) is 16.4 Å². The minimum atomic E-state index is -0.447. The molecule has 0 aliphatic carbocycles. The summed E-state index contributed by atoms with van der Waals surface area (Å²) in [4.78, 5) is 25.8. The van der Waals surface area contributed by atoms with E-state index >= 15 is 0 Å². The molecule has 2 heterocycles. The molecule has 1 aromatic rings. The molecular formula is C14H21ClN4O2. The van der Waals surface area contributed by atoms with E-state index in [-0.39, 0.29) is 11.8 Å². The SMILES string of the molecule is CCc1nn(C)c(CN2CCC(=O)NC(CC)C2=O)c1Cl. The Labute approximate surface area is 129 Å². The van der Waals surface area contributed by atoms with E-state index in [0.29, 0.717) is 31.0 Å². The standard InChI is InChI=1S/C14H21ClN4O2/c1-4-9-13(15)11(18(3)17-9)8-19-7-6-12(20)16-10(5-2)14(19)21/h10H,4-8H2,1-3H3,(H,16,20). The summed E-state index contributed by atoms with van der Waals surface area (Å²) in [5.74, 6) is -0.137. The number of rotatable bonds is 4. The first-order chi connectivity index (χ1) is 9.97. The molecule has 1 unspecified atom stereocenters. The van der Waals surface area contributed by atoms with Crippen molar-refractivity contribution in [2.75, 3.05) is 6.54 Å². The molecule has 1 aliphatic heterocycles. The summed E-state index contributed by atoms with van der Waals surface area (Å²) in [5, 5.41) is 7.73. The van der Waals surface area contributed by atoms with Gasteiger partial charge in [-0.3, -0.25) is 14.3 Å². The normalized spacial score (nSPS) is 19.6. The second kappa shape index (κ2) is 6.47. The monoisotopic (exact) mass is 312 g/mol. The third kappa shape index (κ3) is 3.20. The number of aromatic nitrogens is 2. The number of hydrogen-bond donors (Lipinski definition) is 1. The fourth-order valence-electron chi connectivity index (χ4n) is 2.50. The van der Waals surface area contributed by atoms with Crippen LogP contribution in [0.1, 0.15) is 38.1 Å². The van der Waals surface area contributed by atoms with E-state index in [0.717, 1.165) is 17.8 Å². The zero-order valence-corrected chi connectivity index (χ0v) is 13.4. The van der Waals surface area contributed by atoms with E-state index in [4.69, 9.17) is 11.6 Å². The van der Waals surface area contributed by atoms with Crippen LogP contribution in [0, 0.1) is 0 Å². The van der Waals surface area contributed by atoms with Gasteiger partial charge in [0.1, 0.15) is 6.04 Å². The second-order valence-corrected chi connectivity index (χ2v) is 5.60. The van der Waals surface area contributed by atoms with Gasteiger partial charge in [0.05, 0.1) is 23.0 Å². The Morgan fingerprint density at radius 3 is 2.67 bits per heavy atom. The summed E-state index contributed by atoms with van der Waals surface area (Å²) >= 11 is 6.33. The van der Waals surface area contributed by atoms with Crippen molar-refractivity contribution in [2.24, 2.45) is 7.05 Å². The topological polar surface area (TPSA) is 67.2 Å². The van der Waals surface area contributed by atoms with Gasteiger partial charge in [-0.05, 0) is 12.8 Å². The third-order valence-corrected chi connectivity index (χ3v) is 4.24. The smallest absolute Gasteiger partial charge is 0.245 e. The summed E-state index contributed by atoms with van der Waals surface area (Å²) in [5.41, 5.74) is 1.64. The van der Waals surface area contributed by atoms with Crippen LogP contribution in [0.2, 0.25) is 5.02 Å². The predicted molar refractivity (Wildman–Crippen MR) is 79.9 cm³/mol. The van der Waals surface area contributed by atoms with Gasteiger partial charge < -0.3 is 10.2 Å². The number of carbonyl (C=O) groups is 2. The Bertz CT molecular complexity index is 555. The number of halogens is 1. The van der Waals surface area contributed by atoms with Crippen molar-refractivity contribution in [2.45, 2.75) is 45.7 Å². The molecule has 7 heteroatoms. The van der Waals surface area contributed by atoms with Crippen molar-refractivity contribution in [3.63, 3.8) is 0 Å². The van der Waals surface area contributed by atoms with E-state index < -0.39 is 6.04 Å². The number of amides is 2. The molecule has 6 nitrogen and oxygen atoms in total. The van der Waals surface area contributed by atoms with E-state index in [2.05, 4.69) is 10.4 Å². The van der Waals surface area contributed by atoms with Crippen LogP contribution in [0.3, 0.4) is 0 Å². The largest absolute Gasteiger partial charge is 0.344 e. The summed E-state index contributed by atoms with van der Waals surface area (Å²) < 4.78 is 1.72. The van der Waals surface area contributed by atoms with Gasteiger partial charge in [0.15, 0.2) is 0 Å². The van der Waals surface area contributed by atoms with Crippen molar-refractivity contribution in [1.82, 2.24) is 20.0 Å². The number of carbonyl (C=O) groups excluding carboxylic acids is 2. The predicted octanol–water partition coefficient (Wildman–Crippen LogP) is 1.26. The molecule has 1 atom stereocenters. The van der Waals surface area contributed by atoms with E-state index in [1.807, 2.05) is 20.9 Å². The van der Waals surface area contributed by atoms with Crippen LogP contribution in [0.25, 0.3) is 0 Å². The third-order valence-electron chi connectivity index (χ3n) is 3.81. The van der Waals surface area contributed by atoms with Crippen LogP contribution in [-0.2, 0) is 29.6 Å². The minimum Gasteiger partial charge on any atom is -0.344 e. The summed E-state index contributed by atoms with van der Waals surface area (Å²) in [6, 6.07) is -0.447. The lowest BCUT2D eigenvalue weighted by atomic mass is 10.2. The van der Waals surface area contributed by atoms with E-state index in [1.165, 1.54) is 0 Å². The fraction of sp³-hybridized carbons (Fsp3) is 0.643. The van der Waals surface area contributed by atoms with Gasteiger partial charge in [-0.1, -0.05) is 25.4 Å². The average Bonchev–Trinajstić information content (AvgIpc) is 2.65. The molecule has 1 saturated heterocycles. The van der Waals surface area contributed by atoms with Crippen molar-refractivity contribution < 1.29 is 9.59 Å². The van der Waals surface area contributed by atoms with Gasteiger partial charge in [-0.25, -0.2) is 0 Å². The molecule has 21 heavy (non-hydrogen) atoms. The molecule has 1 aliphatic rings. The molecule has 0 radical (unpaired) electrons. The summed E-state index contributed by atoms with van der Waals surface area (Å²) in [6.07, 6.45) is 1.65. The van der Waals surface area contributed by atoms with Crippen LogP contribution in [0.15, 0.2) is 0 Å². The molecular weight excluding hydrogens is 292 g/mol. The van der Waals surface area contributed by atoms with Crippen molar-refractivity contribution in [3.8, 4) is 0 Å². The molecule has 116 valence electrons. The highest BCUT2D eigenvalue weighted by Gasteiger charge is 2.29. The zero-order chi connectivity index (χ0) is 15.6. The van der Waals surface area contributed by atoms with Crippen LogP contribution in [0.4, 0.5) is 0 Å². The summed E-state index contributed by atoms with van der Waals surface area (Å²) in [7, 11) is 1.82. The maximum absolute atomic E-state index is 12.5. The van der Waals surface area contributed by atoms with Crippen LogP contribution in [0.5, 0.6) is 0 Å². The second-order valence-electron chi connectivity index (χ2n) is 5.22. The van der Waals surface area contributed by atoms with Gasteiger partial charge in [-0.2, -0.15) is 5.10 Å². The molecule has 1 fully saturated rings. The Balaban J connectivity index is 2.23. The van der Waals surface area contributed by atoms with E-state index in [9.17, 15) is 9.59 Å². The van der Waals surface area contributed by atoms with E-state index in [1.54, 1.807) is 9.58 Å². The van der Waals surface area contributed by atoms with Gasteiger partial charge in [-0.15, -0.1) is 0 Å². The molecule has 0 spiro atoms. The molecule has 0 bridgehead atoms. The maximum atomic E-state index is 12.5. The average molecular weight is 313 g/mol. The Hall–Kier alpha value is -1.56. The molecule has 0 aromatic carbocycles. The molecule has 2 rings (SSSR count). The number of aryl methyl sites for hydroxylation is 2. The van der Waals surface area contributed by atoms with Crippen LogP contribution in [-0.4, -0.2) is 39.1 Å². The molecule has 1 N–H and O–H groups in total. The molecule has 0 saturated carbocycles. The highest BCUT2D eigenvalue weighted by atomic mass is 35.5. The lowest BCUT2D eigenvalue weighted by Crippen LogP contribution is -2.44. The number of hydrogen-bond acceptors (Lipinski definition) is 3. The highest BCUT2D eigenvalue weighted by Crippen LogP contribution is 2.23. The van der Waals surface area contributed by atoms with Gasteiger partial charge >= 0.3 is 0 Å². The van der Waals surface area contributed by atoms with Crippen LogP contribution < -0.4 is 5.32 Å². The summed E-state index contributed by atoms with van der Waals surface area (Å²) in [6.45, 7) is 4.67. The lowest BCUT2D eigenvalue weighted by molar-refractivity contribution is -0.134. The molecule has 2 amide bonds. The maximum Gasteiger partial charge on any atom is 0.245 e. The zero-order valence-electron chi connectivity index (χ0n) is 12.6. The highest BCUT2D eigenvalue weighted by molar-refractivity contribution is 6.31. The van der Waals surface area contributed by atoms with Gasteiger partial charge in [0, 0.05) is 20.0 Å². The lowest BCUT2D eigenvalue weighted by Gasteiger charge is -2.23. The van der Waals surface area contributed by atoms with Crippen molar-refractivity contribution in [1.29, 1.82) is 0 Å².